The van der Waals surface area contributed by atoms with E-state index in [2.05, 4.69) is 15.0 Å². The number of carbonyl (C=O) groups is 1. The highest BCUT2D eigenvalue weighted by Crippen LogP contribution is 2.22. The van der Waals surface area contributed by atoms with Gasteiger partial charge in [0.2, 0.25) is 0 Å². The molecule has 0 aliphatic carbocycles. The maximum absolute atomic E-state index is 11.0. The molecular weight excluding hydrogens is 254 g/mol. The summed E-state index contributed by atoms with van der Waals surface area (Å²) in [6.07, 6.45) is 5.14. The van der Waals surface area contributed by atoms with Crippen molar-refractivity contribution < 1.29 is 9.90 Å². The number of aromatic carboxylic acids is 1. The van der Waals surface area contributed by atoms with E-state index >= 15 is 0 Å². The molecular formula is C15H11N3O2. The SMILES string of the molecule is O=C(O)c1cccc(-c2ncc(-c3ccncc3)[nH]2)c1. The molecule has 0 unspecified atom stereocenters. The average molecular weight is 265 g/mol. The topological polar surface area (TPSA) is 78.9 Å². The van der Waals surface area contributed by atoms with Crippen LogP contribution in [0, 0.1) is 0 Å². The second-order valence-corrected chi connectivity index (χ2v) is 4.27. The first-order chi connectivity index (χ1) is 9.74. The molecule has 0 radical (unpaired) electrons. The standard InChI is InChI=1S/C15H11N3O2/c19-15(20)12-3-1-2-11(8-12)14-17-9-13(18-14)10-4-6-16-7-5-10/h1-9H,(H,17,18)(H,19,20). The zero-order chi connectivity index (χ0) is 13.9. The summed E-state index contributed by atoms with van der Waals surface area (Å²) in [4.78, 5) is 22.4. The monoisotopic (exact) mass is 265 g/mol. The third-order valence-corrected chi connectivity index (χ3v) is 2.95. The van der Waals surface area contributed by atoms with Crippen molar-refractivity contribution in [3.63, 3.8) is 0 Å². The van der Waals surface area contributed by atoms with Crippen LogP contribution in [0.4, 0.5) is 0 Å². The van der Waals surface area contributed by atoms with Crippen molar-refractivity contribution in [3.05, 3.63) is 60.6 Å². The van der Waals surface area contributed by atoms with Gasteiger partial charge in [0.15, 0.2) is 0 Å². The van der Waals surface area contributed by atoms with Gasteiger partial charge < -0.3 is 10.1 Å². The van der Waals surface area contributed by atoms with Crippen LogP contribution in [0.15, 0.2) is 55.0 Å². The second-order valence-electron chi connectivity index (χ2n) is 4.27. The first-order valence-electron chi connectivity index (χ1n) is 6.03. The van der Waals surface area contributed by atoms with Gasteiger partial charge in [-0.3, -0.25) is 4.98 Å². The Morgan fingerprint density at radius 3 is 2.65 bits per heavy atom. The molecule has 0 saturated heterocycles. The molecule has 2 N–H and O–H groups in total. The van der Waals surface area contributed by atoms with Gasteiger partial charge in [-0.15, -0.1) is 0 Å². The molecule has 0 amide bonds. The molecule has 0 atom stereocenters. The highest BCUT2D eigenvalue weighted by molar-refractivity contribution is 5.89. The van der Waals surface area contributed by atoms with Gasteiger partial charge in [0.05, 0.1) is 17.5 Å². The Morgan fingerprint density at radius 1 is 1.10 bits per heavy atom. The molecule has 5 heteroatoms. The van der Waals surface area contributed by atoms with Crippen LogP contribution in [0.5, 0.6) is 0 Å². The van der Waals surface area contributed by atoms with E-state index in [-0.39, 0.29) is 5.56 Å². The average Bonchev–Trinajstić information content (AvgIpc) is 2.98. The molecule has 0 aliphatic heterocycles. The summed E-state index contributed by atoms with van der Waals surface area (Å²) in [7, 11) is 0. The fraction of sp³-hybridized carbons (Fsp3) is 0. The molecule has 20 heavy (non-hydrogen) atoms. The molecule has 5 nitrogen and oxygen atoms in total. The van der Waals surface area contributed by atoms with Gasteiger partial charge in [0.1, 0.15) is 5.82 Å². The number of hydrogen-bond acceptors (Lipinski definition) is 3. The fourth-order valence-electron chi connectivity index (χ4n) is 1.95. The summed E-state index contributed by atoms with van der Waals surface area (Å²) >= 11 is 0. The first kappa shape index (κ1) is 12.1. The number of benzene rings is 1. The minimum absolute atomic E-state index is 0.240. The molecule has 3 aromatic rings. The van der Waals surface area contributed by atoms with Crippen molar-refractivity contribution in [2.75, 3.05) is 0 Å². The highest BCUT2D eigenvalue weighted by atomic mass is 16.4. The van der Waals surface area contributed by atoms with E-state index in [9.17, 15) is 4.79 Å². The van der Waals surface area contributed by atoms with Gasteiger partial charge in [-0.05, 0) is 24.3 Å². The molecule has 0 saturated carbocycles. The van der Waals surface area contributed by atoms with Crippen LogP contribution in [-0.4, -0.2) is 26.0 Å². The van der Waals surface area contributed by atoms with Crippen LogP contribution in [0.1, 0.15) is 10.4 Å². The van der Waals surface area contributed by atoms with Gasteiger partial charge in [-0.1, -0.05) is 12.1 Å². The van der Waals surface area contributed by atoms with Gasteiger partial charge in [0.25, 0.3) is 0 Å². The molecule has 0 fully saturated rings. The van der Waals surface area contributed by atoms with E-state index in [4.69, 9.17) is 5.11 Å². The minimum Gasteiger partial charge on any atom is -0.478 e. The van der Waals surface area contributed by atoms with Crippen LogP contribution < -0.4 is 0 Å². The summed E-state index contributed by atoms with van der Waals surface area (Å²) in [5.41, 5.74) is 2.82. The summed E-state index contributed by atoms with van der Waals surface area (Å²) in [5, 5.41) is 9.00. The summed E-state index contributed by atoms with van der Waals surface area (Å²) < 4.78 is 0. The normalized spacial score (nSPS) is 10.4. The Kier molecular flexibility index (Phi) is 3.01. The van der Waals surface area contributed by atoms with Crippen molar-refractivity contribution in [1.29, 1.82) is 0 Å². The van der Waals surface area contributed by atoms with Gasteiger partial charge in [-0.2, -0.15) is 0 Å². The number of rotatable bonds is 3. The Labute approximate surface area is 115 Å². The Hall–Kier alpha value is -2.95. The molecule has 1 aromatic carbocycles. The van der Waals surface area contributed by atoms with Crippen molar-refractivity contribution in [2.45, 2.75) is 0 Å². The maximum atomic E-state index is 11.0. The number of aromatic nitrogens is 3. The molecule has 2 aromatic heterocycles. The van der Waals surface area contributed by atoms with E-state index < -0.39 is 5.97 Å². The smallest absolute Gasteiger partial charge is 0.335 e. The van der Waals surface area contributed by atoms with Crippen molar-refractivity contribution in [1.82, 2.24) is 15.0 Å². The molecule has 2 heterocycles. The number of carboxylic acids is 1. The number of carboxylic acid groups (broad SMARTS) is 1. The maximum Gasteiger partial charge on any atom is 0.335 e. The lowest BCUT2D eigenvalue weighted by atomic mass is 10.1. The molecule has 3 rings (SSSR count). The van der Waals surface area contributed by atoms with Crippen LogP contribution in [0.3, 0.4) is 0 Å². The molecule has 0 bridgehead atoms. The predicted octanol–water partition coefficient (Wildman–Crippen LogP) is 2.84. The van der Waals surface area contributed by atoms with E-state index in [0.29, 0.717) is 5.82 Å². The van der Waals surface area contributed by atoms with Crippen molar-refractivity contribution >= 4 is 5.97 Å². The Balaban J connectivity index is 1.98. The summed E-state index contributed by atoms with van der Waals surface area (Å²) in [6, 6.07) is 10.4. The van der Waals surface area contributed by atoms with Crippen LogP contribution in [0.25, 0.3) is 22.6 Å². The largest absolute Gasteiger partial charge is 0.478 e. The van der Waals surface area contributed by atoms with E-state index in [0.717, 1.165) is 16.8 Å². The lowest BCUT2D eigenvalue weighted by Crippen LogP contribution is -1.96. The Bertz CT molecular complexity index is 751. The number of pyridine rings is 1. The summed E-state index contributed by atoms with van der Waals surface area (Å²) in [5.74, 6) is -0.312. The number of H-pyrrole nitrogens is 1. The third-order valence-electron chi connectivity index (χ3n) is 2.95. The number of nitrogens with zero attached hydrogens (tertiary/aromatic N) is 2. The highest BCUT2D eigenvalue weighted by Gasteiger charge is 2.08. The minimum atomic E-state index is -0.951. The zero-order valence-electron chi connectivity index (χ0n) is 10.4. The Morgan fingerprint density at radius 2 is 1.90 bits per heavy atom. The van der Waals surface area contributed by atoms with Crippen LogP contribution in [0.2, 0.25) is 0 Å². The van der Waals surface area contributed by atoms with Gasteiger partial charge in [0, 0.05) is 23.5 Å². The fourth-order valence-corrected chi connectivity index (χ4v) is 1.95. The molecule has 0 spiro atoms. The second kappa shape index (κ2) is 4.97. The molecule has 0 aliphatic rings. The van der Waals surface area contributed by atoms with Gasteiger partial charge >= 0.3 is 5.97 Å². The van der Waals surface area contributed by atoms with Gasteiger partial charge in [-0.25, -0.2) is 9.78 Å². The predicted molar refractivity (Wildman–Crippen MR) is 74.2 cm³/mol. The zero-order valence-corrected chi connectivity index (χ0v) is 10.4. The number of nitrogens with one attached hydrogen (secondary N) is 1. The van der Waals surface area contributed by atoms with E-state index in [1.54, 1.807) is 36.8 Å². The van der Waals surface area contributed by atoms with E-state index in [1.165, 1.54) is 0 Å². The summed E-state index contributed by atoms with van der Waals surface area (Å²) in [6.45, 7) is 0. The van der Waals surface area contributed by atoms with Crippen molar-refractivity contribution in [3.8, 4) is 22.6 Å². The third kappa shape index (κ3) is 2.29. The lowest BCUT2D eigenvalue weighted by molar-refractivity contribution is 0.0697. The number of hydrogen-bond donors (Lipinski definition) is 2. The van der Waals surface area contributed by atoms with E-state index in [1.807, 2.05) is 18.2 Å². The lowest BCUT2D eigenvalue weighted by Gasteiger charge is -1.99. The van der Waals surface area contributed by atoms with Crippen LogP contribution in [-0.2, 0) is 0 Å². The number of imidazole rings is 1. The quantitative estimate of drug-likeness (QED) is 0.763. The number of aromatic amines is 1. The molecule has 98 valence electrons. The van der Waals surface area contributed by atoms with Crippen molar-refractivity contribution in [2.24, 2.45) is 0 Å². The van der Waals surface area contributed by atoms with Crippen LogP contribution >= 0.6 is 0 Å². The first-order valence-corrected chi connectivity index (χ1v) is 6.03.